The van der Waals surface area contributed by atoms with Crippen molar-refractivity contribution in [3.63, 3.8) is 0 Å². The maximum atomic E-state index is 12.2. The maximum absolute atomic E-state index is 12.2. The minimum Gasteiger partial charge on any atom is -0.340 e. The highest BCUT2D eigenvalue weighted by Crippen LogP contribution is 2.06. The van der Waals surface area contributed by atoms with Crippen molar-refractivity contribution in [3.8, 4) is 0 Å². The molecule has 6 nitrogen and oxygen atoms in total. The minimum absolute atomic E-state index is 0.105. The summed E-state index contributed by atoms with van der Waals surface area (Å²) in [5.41, 5.74) is 2.99. The number of rotatable bonds is 6. The highest BCUT2D eigenvalue weighted by molar-refractivity contribution is 5.75. The zero-order valence-electron chi connectivity index (χ0n) is 13.2. The van der Waals surface area contributed by atoms with E-state index in [4.69, 9.17) is 0 Å². The highest BCUT2D eigenvalue weighted by atomic mass is 16.2. The molecule has 0 radical (unpaired) electrons. The van der Waals surface area contributed by atoms with Crippen LogP contribution >= 0.6 is 0 Å². The van der Waals surface area contributed by atoms with Gasteiger partial charge in [-0.15, -0.1) is 0 Å². The standard InChI is InChI=1S/C15H23N5O/c1-5-19-8-6-14(17-19)11-18(4)15(21)7-9-20-13(3)10-12(2)16-20/h6,8,10H,5,7,9,11H2,1-4H3. The van der Waals surface area contributed by atoms with Crippen molar-refractivity contribution < 1.29 is 4.79 Å². The first-order valence-electron chi connectivity index (χ1n) is 7.27. The monoisotopic (exact) mass is 289 g/mol. The van der Waals surface area contributed by atoms with E-state index in [9.17, 15) is 4.79 Å². The number of nitrogens with zero attached hydrogens (tertiary/aromatic N) is 5. The molecule has 2 rings (SSSR count). The van der Waals surface area contributed by atoms with E-state index in [0.29, 0.717) is 19.5 Å². The molecule has 0 aliphatic rings. The van der Waals surface area contributed by atoms with Crippen molar-refractivity contribution in [1.29, 1.82) is 0 Å². The summed E-state index contributed by atoms with van der Waals surface area (Å²) in [5, 5.41) is 8.76. The van der Waals surface area contributed by atoms with Crippen LogP contribution in [0.4, 0.5) is 0 Å². The summed E-state index contributed by atoms with van der Waals surface area (Å²) in [6, 6.07) is 3.97. The summed E-state index contributed by atoms with van der Waals surface area (Å²) in [7, 11) is 1.81. The van der Waals surface area contributed by atoms with Gasteiger partial charge in [0.1, 0.15) is 0 Å². The fourth-order valence-corrected chi connectivity index (χ4v) is 2.29. The van der Waals surface area contributed by atoms with E-state index < -0.39 is 0 Å². The summed E-state index contributed by atoms with van der Waals surface area (Å²) >= 11 is 0. The van der Waals surface area contributed by atoms with Crippen LogP contribution in [0.5, 0.6) is 0 Å². The summed E-state index contributed by atoms with van der Waals surface area (Å²) in [5.74, 6) is 0.105. The predicted molar refractivity (Wildman–Crippen MR) is 80.7 cm³/mol. The third-order valence-corrected chi connectivity index (χ3v) is 3.49. The van der Waals surface area contributed by atoms with E-state index in [2.05, 4.69) is 10.2 Å². The molecule has 114 valence electrons. The number of aromatic nitrogens is 4. The van der Waals surface area contributed by atoms with Crippen LogP contribution < -0.4 is 0 Å². The average Bonchev–Trinajstić information content (AvgIpc) is 3.02. The van der Waals surface area contributed by atoms with Gasteiger partial charge in [-0.25, -0.2) is 0 Å². The molecule has 0 saturated heterocycles. The normalized spacial score (nSPS) is 10.9. The van der Waals surface area contributed by atoms with E-state index in [0.717, 1.165) is 23.6 Å². The van der Waals surface area contributed by atoms with Gasteiger partial charge in [-0.2, -0.15) is 10.2 Å². The molecule has 0 atom stereocenters. The number of carbonyl (C=O) groups excluding carboxylic acids is 1. The zero-order chi connectivity index (χ0) is 15.4. The van der Waals surface area contributed by atoms with Crippen LogP contribution in [0.3, 0.4) is 0 Å². The van der Waals surface area contributed by atoms with Crippen LogP contribution in [0.15, 0.2) is 18.3 Å². The summed E-state index contributed by atoms with van der Waals surface area (Å²) in [6.45, 7) is 8.01. The van der Waals surface area contributed by atoms with Gasteiger partial charge in [-0.1, -0.05) is 0 Å². The highest BCUT2D eigenvalue weighted by Gasteiger charge is 2.12. The van der Waals surface area contributed by atoms with Crippen molar-refractivity contribution in [2.75, 3.05) is 7.05 Å². The Bertz CT molecular complexity index is 613. The number of amides is 1. The Balaban J connectivity index is 1.86. The van der Waals surface area contributed by atoms with Crippen molar-refractivity contribution in [1.82, 2.24) is 24.5 Å². The smallest absolute Gasteiger partial charge is 0.224 e. The number of hydrogen-bond acceptors (Lipinski definition) is 3. The zero-order valence-corrected chi connectivity index (χ0v) is 13.2. The van der Waals surface area contributed by atoms with Crippen LogP contribution in [-0.2, 0) is 24.4 Å². The van der Waals surface area contributed by atoms with Crippen LogP contribution in [0, 0.1) is 13.8 Å². The molecule has 0 fully saturated rings. The van der Waals surface area contributed by atoms with Gasteiger partial charge in [0, 0.05) is 38.4 Å². The molecule has 0 spiro atoms. The van der Waals surface area contributed by atoms with Gasteiger partial charge in [0.05, 0.1) is 17.9 Å². The van der Waals surface area contributed by atoms with Gasteiger partial charge >= 0.3 is 0 Å². The Kier molecular flexibility index (Phi) is 4.77. The van der Waals surface area contributed by atoms with Gasteiger partial charge < -0.3 is 4.90 Å². The van der Waals surface area contributed by atoms with Gasteiger partial charge in [0.2, 0.25) is 5.91 Å². The van der Waals surface area contributed by atoms with Crippen LogP contribution in [0.2, 0.25) is 0 Å². The number of carbonyl (C=O) groups is 1. The van der Waals surface area contributed by atoms with Crippen molar-refractivity contribution in [2.45, 2.75) is 46.8 Å². The average molecular weight is 289 g/mol. The topological polar surface area (TPSA) is 56.0 Å². The molecule has 0 unspecified atom stereocenters. The molecule has 2 heterocycles. The summed E-state index contributed by atoms with van der Waals surface area (Å²) < 4.78 is 3.75. The van der Waals surface area contributed by atoms with Crippen molar-refractivity contribution in [2.24, 2.45) is 0 Å². The van der Waals surface area contributed by atoms with E-state index >= 15 is 0 Å². The lowest BCUT2D eigenvalue weighted by atomic mass is 10.3. The molecule has 2 aromatic heterocycles. The second kappa shape index (κ2) is 6.56. The first kappa shape index (κ1) is 15.3. The SMILES string of the molecule is CCn1ccc(CN(C)C(=O)CCn2nc(C)cc2C)n1. The summed E-state index contributed by atoms with van der Waals surface area (Å²) in [4.78, 5) is 13.9. The maximum Gasteiger partial charge on any atom is 0.224 e. The second-order valence-corrected chi connectivity index (χ2v) is 5.31. The predicted octanol–water partition coefficient (Wildman–Crippen LogP) is 1.77. The van der Waals surface area contributed by atoms with Crippen molar-refractivity contribution >= 4 is 5.91 Å². The molecule has 0 saturated carbocycles. The Hall–Kier alpha value is -2.11. The Labute approximate surface area is 125 Å². The van der Waals surface area contributed by atoms with Crippen LogP contribution in [0.1, 0.15) is 30.4 Å². The Morgan fingerprint density at radius 3 is 2.67 bits per heavy atom. The summed E-state index contributed by atoms with van der Waals surface area (Å²) in [6.07, 6.45) is 2.39. The van der Waals surface area contributed by atoms with Gasteiger partial charge in [-0.3, -0.25) is 14.2 Å². The lowest BCUT2D eigenvalue weighted by Crippen LogP contribution is -2.27. The first-order valence-corrected chi connectivity index (χ1v) is 7.27. The lowest BCUT2D eigenvalue weighted by molar-refractivity contribution is -0.130. The quantitative estimate of drug-likeness (QED) is 0.814. The Morgan fingerprint density at radius 2 is 2.10 bits per heavy atom. The van der Waals surface area contributed by atoms with E-state index in [-0.39, 0.29) is 5.91 Å². The van der Waals surface area contributed by atoms with Crippen LogP contribution in [0.25, 0.3) is 0 Å². The van der Waals surface area contributed by atoms with E-state index in [1.165, 1.54) is 0 Å². The van der Waals surface area contributed by atoms with Gasteiger partial charge in [0.25, 0.3) is 0 Å². The molecule has 21 heavy (non-hydrogen) atoms. The van der Waals surface area contributed by atoms with Gasteiger partial charge in [0.15, 0.2) is 0 Å². The molecule has 0 aliphatic carbocycles. The molecule has 1 amide bonds. The fourth-order valence-electron chi connectivity index (χ4n) is 2.29. The van der Waals surface area contributed by atoms with Crippen molar-refractivity contribution in [3.05, 3.63) is 35.4 Å². The minimum atomic E-state index is 0.105. The largest absolute Gasteiger partial charge is 0.340 e. The molecular weight excluding hydrogens is 266 g/mol. The molecule has 0 aromatic carbocycles. The number of aryl methyl sites for hydroxylation is 4. The van der Waals surface area contributed by atoms with Gasteiger partial charge in [-0.05, 0) is 32.9 Å². The number of hydrogen-bond donors (Lipinski definition) is 0. The molecule has 6 heteroatoms. The van der Waals surface area contributed by atoms with Crippen LogP contribution in [-0.4, -0.2) is 37.4 Å². The lowest BCUT2D eigenvalue weighted by Gasteiger charge is -2.16. The first-order chi connectivity index (χ1) is 9.99. The van der Waals surface area contributed by atoms with E-state index in [1.807, 2.05) is 55.5 Å². The molecule has 0 aliphatic heterocycles. The molecular formula is C15H23N5O. The second-order valence-electron chi connectivity index (χ2n) is 5.31. The third kappa shape index (κ3) is 3.93. The third-order valence-electron chi connectivity index (χ3n) is 3.49. The molecule has 0 bridgehead atoms. The fraction of sp³-hybridized carbons (Fsp3) is 0.533. The Morgan fingerprint density at radius 1 is 1.33 bits per heavy atom. The molecule has 2 aromatic rings. The molecule has 0 N–H and O–H groups in total. The van der Waals surface area contributed by atoms with E-state index in [1.54, 1.807) is 4.90 Å².